The average molecular weight is 361 g/mol. The van der Waals surface area contributed by atoms with Crippen LogP contribution in [0.1, 0.15) is 57.1 Å². The second kappa shape index (κ2) is 9.42. The fourth-order valence-corrected chi connectivity index (χ4v) is 4.23. The second-order valence-corrected chi connectivity index (χ2v) is 7.84. The third-order valence-corrected chi connectivity index (χ3v) is 5.83. The Labute approximate surface area is 156 Å². The maximum Gasteiger partial charge on any atom is 0.255 e. The van der Waals surface area contributed by atoms with Crippen LogP contribution in [0.25, 0.3) is 0 Å². The van der Waals surface area contributed by atoms with E-state index in [2.05, 4.69) is 15.3 Å². The molecule has 1 atom stereocenters. The molecule has 1 amide bonds. The molecular weight excluding hydrogens is 328 g/mol. The molecule has 1 aromatic heterocycles. The second-order valence-electron chi connectivity index (χ2n) is 7.84. The molecular formula is C20H32N4O2. The van der Waals surface area contributed by atoms with Crippen LogP contribution >= 0.6 is 0 Å². The highest BCUT2D eigenvalue weighted by Crippen LogP contribution is 2.28. The summed E-state index contributed by atoms with van der Waals surface area (Å²) in [5.41, 5.74) is -0.344. The van der Waals surface area contributed by atoms with Gasteiger partial charge in [-0.2, -0.15) is 0 Å². The van der Waals surface area contributed by atoms with Crippen molar-refractivity contribution < 1.29 is 9.90 Å². The topological polar surface area (TPSA) is 78.4 Å². The van der Waals surface area contributed by atoms with E-state index in [0.717, 1.165) is 44.0 Å². The third-order valence-electron chi connectivity index (χ3n) is 5.83. The van der Waals surface area contributed by atoms with Gasteiger partial charge < -0.3 is 15.3 Å². The van der Waals surface area contributed by atoms with Crippen LogP contribution in [0.15, 0.2) is 18.6 Å². The lowest BCUT2D eigenvalue weighted by molar-refractivity contribution is -0.156. The van der Waals surface area contributed by atoms with Gasteiger partial charge in [-0.3, -0.25) is 14.8 Å². The molecule has 1 aromatic rings. The van der Waals surface area contributed by atoms with E-state index in [9.17, 15) is 9.90 Å². The first kappa shape index (κ1) is 19.2. The minimum absolute atomic E-state index is 0.0911. The van der Waals surface area contributed by atoms with Gasteiger partial charge in [0.1, 0.15) is 0 Å². The molecule has 1 saturated heterocycles. The molecule has 1 aliphatic heterocycles. The first-order valence-corrected chi connectivity index (χ1v) is 10.1. The zero-order valence-electron chi connectivity index (χ0n) is 15.7. The van der Waals surface area contributed by atoms with Crippen molar-refractivity contribution in [2.45, 2.75) is 63.4 Å². The van der Waals surface area contributed by atoms with Crippen molar-refractivity contribution in [1.82, 2.24) is 20.2 Å². The van der Waals surface area contributed by atoms with Gasteiger partial charge in [0.05, 0.1) is 5.69 Å². The van der Waals surface area contributed by atoms with Gasteiger partial charge in [0.2, 0.25) is 0 Å². The highest BCUT2D eigenvalue weighted by molar-refractivity contribution is 5.86. The maximum absolute atomic E-state index is 12.8. The Kier molecular flexibility index (Phi) is 6.97. The lowest BCUT2D eigenvalue weighted by Gasteiger charge is -2.39. The van der Waals surface area contributed by atoms with Crippen molar-refractivity contribution in [3.05, 3.63) is 24.3 Å². The molecule has 6 nitrogen and oxygen atoms in total. The number of aromatic nitrogens is 2. The summed E-state index contributed by atoms with van der Waals surface area (Å²) < 4.78 is 0. The van der Waals surface area contributed by atoms with Crippen LogP contribution in [0, 0.1) is 5.92 Å². The van der Waals surface area contributed by atoms with Crippen LogP contribution in [0.3, 0.4) is 0 Å². The van der Waals surface area contributed by atoms with E-state index in [-0.39, 0.29) is 5.91 Å². The molecule has 0 aromatic carbocycles. The fourth-order valence-electron chi connectivity index (χ4n) is 4.23. The monoisotopic (exact) mass is 360 g/mol. The zero-order chi connectivity index (χ0) is 18.2. The Morgan fingerprint density at radius 3 is 2.85 bits per heavy atom. The number of nitrogens with zero attached hydrogens (tertiary/aromatic N) is 3. The van der Waals surface area contributed by atoms with Gasteiger partial charge in [0.15, 0.2) is 5.60 Å². The summed E-state index contributed by atoms with van der Waals surface area (Å²) in [4.78, 5) is 23.0. The van der Waals surface area contributed by atoms with Crippen LogP contribution in [0.5, 0.6) is 0 Å². The number of hydrogen-bond acceptors (Lipinski definition) is 5. The Balaban J connectivity index is 1.42. The number of amides is 1. The van der Waals surface area contributed by atoms with Crippen LogP contribution in [0.4, 0.5) is 0 Å². The molecule has 2 aliphatic rings. The fraction of sp³-hybridized carbons (Fsp3) is 0.750. The molecule has 2 N–H and O–H groups in total. The smallest absolute Gasteiger partial charge is 0.255 e. The molecule has 3 rings (SSSR count). The van der Waals surface area contributed by atoms with Crippen molar-refractivity contribution in [3.63, 3.8) is 0 Å². The first-order valence-electron chi connectivity index (χ1n) is 10.1. The van der Waals surface area contributed by atoms with Gasteiger partial charge >= 0.3 is 0 Å². The summed E-state index contributed by atoms with van der Waals surface area (Å²) >= 11 is 0. The molecule has 0 bridgehead atoms. The molecule has 1 saturated carbocycles. The van der Waals surface area contributed by atoms with Crippen LogP contribution in [-0.4, -0.2) is 57.7 Å². The van der Waals surface area contributed by atoms with Gasteiger partial charge in [-0.15, -0.1) is 0 Å². The van der Waals surface area contributed by atoms with E-state index in [4.69, 9.17) is 0 Å². The summed E-state index contributed by atoms with van der Waals surface area (Å²) in [6.07, 6.45) is 14.9. The van der Waals surface area contributed by atoms with E-state index >= 15 is 0 Å². The van der Waals surface area contributed by atoms with Gasteiger partial charge in [0, 0.05) is 51.2 Å². The van der Waals surface area contributed by atoms with E-state index in [1.807, 2.05) is 4.90 Å². The molecule has 0 spiro atoms. The van der Waals surface area contributed by atoms with Crippen molar-refractivity contribution in [1.29, 1.82) is 0 Å². The Morgan fingerprint density at radius 2 is 2.08 bits per heavy atom. The summed E-state index contributed by atoms with van der Waals surface area (Å²) in [6.45, 7) is 2.57. The van der Waals surface area contributed by atoms with Crippen molar-refractivity contribution in [2.24, 2.45) is 5.92 Å². The number of rotatable bonds is 8. The molecule has 1 aliphatic carbocycles. The van der Waals surface area contributed by atoms with E-state index in [0.29, 0.717) is 19.5 Å². The molecule has 2 heterocycles. The van der Waals surface area contributed by atoms with Gasteiger partial charge in [-0.1, -0.05) is 32.1 Å². The standard InChI is InChI=1S/C20H32N4O2/c25-19-20(26,16-22-10-7-18-15-21-11-12-23-18)9-4-13-24(19)14-8-17-5-2-1-3-6-17/h11-12,15,17,22,26H,1-10,13-14,16H2/t20-/m1/s1. The minimum atomic E-state index is -1.26. The van der Waals surface area contributed by atoms with Gasteiger partial charge in [-0.25, -0.2) is 0 Å². The third kappa shape index (κ3) is 5.24. The predicted molar refractivity (Wildman–Crippen MR) is 101 cm³/mol. The van der Waals surface area contributed by atoms with Gasteiger partial charge in [0.25, 0.3) is 5.91 Å². The summed E-state index contributed by atoms with van der Waals surface area (Å²) in [5, 5.41) is 14.1. The Bertz CT molecular complexity index is 562. The Hall–Kier alpha value is -1.53. The van der Waals surface area contributed by atoms with Crippen molar-refractivity contribution in [2.75, 3.05) is 26.2 Å². The summed E-state index contributed by atoms with van der Waals surface area (Å²) in [7, 11) is 0. The highest BCUT2D eigenvalue weighted by Gasteiger charge is 2.41. The quantitative estimate of drug-likeness (QED) is 0.693. The average Bonchev–Trinajstić information content (AvgIpc) is 2.68. The molecule has 6 heteroatoms. The first-order chi connectivity index (χ1) is 12.7. The normalized spacial score (nSPS) is 24.8. The molecule has 2 fully saturated rings. The van der Waals surface area contributed by atoms with Crippen LogP contribution < -0.4 is 5.32 Å². The number of hydrogen-bond donors (Lipinski definition) is 2. The lowest BCUT2D eigenvalue weighted by Crippen LogP contribution is -2.58. The van der Waals surface area contributed by atoms with Crippen LogP contribution in [0.2, 0.25) is 0 Å². The van der Waals surface area contributed by atoms with E-state index in [1.54, 1.807) is 18.6 Å². The summed E-state index contributed by atoms with van der Waals surface area (Å²) in [5.74, 6) is 0.670. The SMILES string of the molecule is O=C1N(CCC2CCCCC2)CCC[C@@]1(O)CNCCc1cnccn1. The zero-order valence-corrected chi connectivity index (χ0v) is 15.7. The Morgan fingerprint density at radius 1 is 1.23 bits per heavy atom. The molecule has 26 heavy (non-hydrogen) atoms. The number of piperidine rings is 1. The molecule has 0 radical (unpaired) electrons. The van der Waals surface area contributed by atoms with Crippen molar-refractivity contribution in [3.8, 4) is 0 Å². The largest absolute Gasteiger partial charge is 0.379 e. The lowest BCUT2D eigenvalue weighted by atomic mass is 9.86. The highest BCUT2D eigenvalue weighted by atomic mass is 16.3. The maximum atomic E-state index is 12.8. The van der Waals surface area contributed by atoms with Crippen LogP contribution in [-0.2, 0) is 11.2 Å². The minimum Gasteiger partial charge on any atom is -0.379 e. The number of carbonyl (C=O) groups excluding carboxylic acids is 1. The molecule has 0 unspecified atom stereocenters. The summed E-state index contributed by atoms with van der Waals surface area (Å²) in [6, 6.07) is 0. The molecule has 144 valence electrons. The van der Waals surface area contributed by atoms with Crippen molar-refractivity contribution >= 4 is 5.91 Å². The number of carbonyl (C=O) groups is 1. The number of nitrogens with one attached hydrogen (secondary N) is 1. The number of aliphatic hydroxyl groups is 1. The van der Waals surface area contributed by atoms with Gasteiger partial charge in [-0.05, 0) is 25.2 Å². The number of likely N-dealkylation sites (tertiary alicyclic amines) is 1. The van der Waals surface area contributed by atoms with E-state index < -0.39 is 5.60 Å². The predicted octanol–water partition coefficient (Wildman–Crippen LogP) is 1.93. The van der Waals surface area contributed by atoms with E-state index in [1.165, 1.54) is 32.1 Å².